The van der Waals surface area contributed by atoms with Crippen molar-refractivity contribution in [1.29, 1.82) is 0 Å². The Kier molecular flexibility index (Phi) is 6.27. The van der Waals surface area contributed by atoms with Gasteiger partial charge < -0.3 is 8.98 Å². The zero-order valence-electron chi connectivity index (χ0n) is 29.5. The number of nitrogens with zero attached hydrogens (tertiary/aromatic N) is 4. The summed E-state index contributed by atoms with van der Waals surface area (Å²) in [5, 5.41) is 8.00. The molecule has 4 aromatic heterocycles. The van der Waals surface area contributed by atoms with Crippen LogP contribution in [0.1, 0.15) is 0 Å². The summed E-state index contributed by atoms with van der Waals surface area (Å²) < 4.78 is 11.2. The maximum Gasteiger partial charge on any atom is 0.236 e. The largest absolute Gasteiger partial charge is 0.452 e. The molecule has 256 valence electrons. The maximum atomic E-state index is 6.55. The van der Waals surface area contributed by atoms with Gasteiger partial charge >= 0.3 is 0 Å². The van der Waals surface area contributed by atoms with E-state index in [1.165, 1.54) is 27.3 Å². The highest BCUT2D eigenvalue weighted by Gasteiger charge is 2.24. The van der Waals surface area contributed by atoms with Crippen LogP contribution in [0.3, 0.4) is 0 Å². The highest BCUT2D eigenvalue weighted by atomic mass is 16.3. The van der Waals surface area contributed by atoms with E-state index in [1.54, 1.807) is 0 Å². The van der Waals surface area contributed by atoms with Crippen molar-refractivity contribution in [2.75, 3.05) is 0 Å². The Morgan fingerprint density at radius 3 is 1.91 bits per heavy atom. The molecule has 0 atom stereocenters. The van der Waals surface area contributed by atoms with Crippen molar-refractivity contribution in [3.8, 4) is 34.0 Å². The number of furan rings is 1. The fourth-order valence-corrected chi connectivity index (χ4v) is 8.64. The van der Waals surface area contributed by atoms with E-state index in [-0.39, 0.29) is 0 Å². The smallest absolute Gasteiger partial charge is 0.236 e. The molecule has 0 bridgehead atoms. The molecule has 12 aromatic rings. The molecule has 0 aliphatic heterocycles. The number of para-hydroxylation sites is 3. The van der Waals surface area contributed by atoms with Crippen LogP contribution in [0.15, 0.2) is 186 Å². The van der Waals surface area contributed by atoms with Crippen molar-refractivity contribution in [2.24, 2.45) is 0 Å². The minimum Gasteiger partial charge on any atom is -0.452 e. The zero-order chi connectivity index (χ0) is 36.0. The van der Waals surface area contributed by atoms with Crippen LogP contribution in [0.25, 0.3) is 110 Å². The van der Waals surface area contributed by atoms with Gasteiger partial charge in [-0.3, -0.25) is 4.57 Å². The minimum absolute atomic E-state index is 0.600. The lowest BCUT2D eigenvalue weighted by Crippen LogP contribution is -2.03. The van der Waals surface area contributed by atoms with E-state index in [0.717, 1.165) is 71.7 Å². The summed E-state index contributed by atoms with van der Waals surface area (Å²) in [5.41, 5.74) is 11.9. The summed E-state index contributed by atoms with van der Waals surface area (Å²) >= 11 is 0. The molecular weight excluding hydrogens is 673 g/mol. The van der Waals surface area contributed by atoms with E-state index < -0.39 is 0 Å². The number of aromatic nitrogens is 4. The van der Waals surface area contributed by atoms with Crippen LogP contribution in [0, 0.1) is 0 Å². The first kappa shape index (κ1) is 30.0. The highest BCUT2D eigenvalue weighted by molar-refractivity contribution is 6.26. The average Bonchev–Trinajstić information content (AvgIpc) is 3.91. The average molecular weight is 703 g/mol. The summed E-state index contributed by atoms with van der Waals surface area (Å²) in [7, 11) is 0. The number of benzene rings is 8. The Hall–Kier alpha value is -7.50. The monoisotopic (exact) mass is 702 g/mol. The fourth-order valence-electron chi connectivity index (χ4n) is 8.64. The molecule has 5 heteroatoms. The second kappa shape index (κ2) is 11.5. The molecule has 0 spiro atoms. The van der Waals surface area contributed by atoms with Gasteiger partial charge in [0.05, 0.1) is 22.1 Å². The van der Waals surface area contributed by atoms with E-state index in [2.05, 4.69) is 173 Å². The molecule has 0 aliphatic carbocycles. The standard InChI is InChI=1S/C50H30N4O/c1-2-12-31(13-3-1)33-24-26-36(27-25-33)53-41-19-9-6-16-37(41)38-28-29-43-45(48(38)53)39-17-7-10-20-42(39)54(43)50-51-46(35-23-22-32-14-4-5-15-34(32)30-35)49-47(52-50)40-18-8-11-21-44(40)55-49/h1-30H. The van der Waals surface area contributed by atoms with Crippen LogP contribution in [-0.2, 0) is 0 Å². The normalized spacial score (nSPS) is 12.0. The Labute approximate surface area is 315 Å². The molecule has 0 aliphatic rings. The maximum absolute atomic E-state index is 6.55. The summed E-state index contributed by atoms with van der Waals surface area (Å²) in [6.45, 7) is 0. The summed E-state index contributed by atoms with van der Waals surface area (Å²) in [6, 6.07) is 64.4. The second-order valence-electron chi connectivity index (χ2n) is 14.2. The van der Waals surface area contributed by atoms with Crippen molar-refractivity contribution in [3.05, 3.63) is 182 Å². The third kappa shape index (κ3) is 4.41. The molecule has 8 aromatic carbocycles. The molecular formula is C50H30N4O. The van der Waals surface area contributed by atoms with E-state index in [0.29, 0.717) is 11.5 Å². The first-order valence-electron chi connectivity index (χ1n) is 18.6. The molecule has 0 amide bonds. The predicted octanol–water partition coefficient (Wildman–Crippen LogP) is 13.1. The summed E-state index contributed by atoms with van der Waals surface area (Å²) in [4.78, 5) is 10.8. The van der Waals surface area contributed by atoms with Gasteiger partial charge in [-0.25, -0.2) is 9.97 Å². The Balaban J connectivity index is 1.17. The molecule has 0 saturated heterocycles. The van der Waals surface area contributed by atoms with Gasteiger partial charge in [0.25, 0.3) is 0 Å². The lowest BCUT2D eigenvalue weighted by atomic mass is 10.0. The number of hydrogen-bond donors (Lipinski definition) is 0. The van der Waals surface area contributed by atoms with Crippen LogP contribution in [0.5, 0.6) is 0 Å². The predicted molar refractivity (Wildman–Crippen MR) is 226 cm³/mol. The molecule has 0 fully saturated rings. The Morgan fingerprint density at radius 1 is 0.418 bits per heavy atom. The Morgan fingerprint density at radius 2 is 1.07 bits per heavy atom. The minimum atomic E-state index is 0.600. The molecule has 12 rings (SSSR count). The van der Waals surface area contributed by atoms with E-state index in [1.807, 2.05) is 18.2 Å². The van der Waals surface area contributed by atoms with E-state index >= 15 is 0 Å². The van der Waals surface area contributed by atoms with Gasteiger partial charge in [-0.2, -0.15) is 0 Å². The van der Waals surface area contributed by atoms with Crippen molar-refractivity contribution >= 4 is 76.5 Å². The fraction of sp³-hybridized carbons (Fsp3) is 0. The van der Waals surface area contributed by atoms with Gasteiger partial charge in [-0.1, -0.05) is 133 Å². The third-order valence-electron chi connectivity index (χ3n) is 11.1. The van der Waals surface area contributed by atoms with Crippen molar-refractivity contribution in [1.82, 2.24) is 19.1 Å². The molecule has 55 heavy (non-hydrogen) atoms. The highest BCUT2D eigenvalue weighted by Crippen LogP contribution is 2.43. The molecule has 0 saturated carbocycles. The molecule has 0 N–H and O–H groups in total. The van der Waals surface area contributed by atoms with Gasteiger partial charge in [-0.05, 0) is 70.4 Å². The zero-order valence-corrected chi connectivity index (χ0v) is 29.5. The Bertz CT molecular complexity index is 3480. The van der Waals surface area contributed by atoms with Gasteiger partial charge in [0.15, 0.2) is 5.58 Å². The first-order chi connectivity index (χ1) is 27.3. The number of rotatable bonds is 4. The van der Waals surface area contributed by atoms with Crippen LogP contribution in [0.4, 0.5) is 0 Å². The lowest BCUT2D eigenvalue weighted by molar-refractivity contribution is 0.666. The summed E-state index contributed by atoms with van der Waals surface area (Å²) in [5.74, 6) is 0.600. The third-order valence-corrected chi connectivity index (χ3v) is 11.1. The van der Waals surface area contributed by atoms with Gasteiger partial charge in [0.1, 0.15) is 16.8 Å². The van der Waals surface area contributed by atoms with Gasteiger partial charge in [0.2, 0.25) is 5.95 Å². The lowest BCUT2D eigenvalue weighted by Gasteiger charge is -2.11. The van der Waals surface area contributed by atoms with Crippen LogP contribution < -0.4 is 0 Å². The quantitative estimate of drug-likeness (QED) is 0.183. The van der Waals surface area contributed by atoms with Crippen LogP contribution >= 0.6 is 0 Å². The second-order valence-corrected chi connectivity index (χ2v) is 14.2. The number of hydrogen-bond acceptors (Lipinski definition) is 3. The van der Waals surface area contributed by atoms with Crippen molar-refractivity contribution < 1.29 is 4.42 Å². The van der Waals surface area contributed by atoms with Crippen LogP contribution in [-0.4, -0.2) is 19.1 Å². The van der Waals surface area contributed by atoms with E-state index in [4.69, 9.17) is 14.4 Å². The van der Waals surface area contributed by atoms with Crippen molar-refractivity contribution in [2.45, 2.75) is 0 Å². The van der Waals surface area contributed by atoms with Gasteiger partial charge in [0, 0.05) is 38.2 Å². The molecule has 4 heterocycles. The molecule has 5 nitrogen and oxygen atoms in total. The van der Waals surface area contributed by atoms with Gasteiger partial charge in [-0.15, -0.1) is 0 Å². The number of fused-ring (bicyclic) bond motifs is 11. The topological polar surface area (TPSA) is 48.8 Å². The summed E-state index contributed by atoms with van der Waals surface area (Å²) in [6.07, 6.45) is 0. The molecule has 0 unspecified atom stereocenters. The van der Waals surface area contributed by atoms with Crippen molar-refractivity contribution in [3.63, 3.8) is 0 Å². The SMILES string of the molecule is c1ccc(-c2ccc(-n3c4ccccc4c4ccc5c(c6ccccc6n5-c5nc(-c6ccc7ccccc7c6)c6oc7ccccc7c6n5)c43)cc2)cc1. The molecule has 0 radical (unpaired) electrons. The first-order valence-corrected chi connectivity index (χ1v) is 18.6. The van der Waals surface area contributed by atoms with E-state index in [9.17, 15) is 0 Å². The van der Waals surface area contributed by atoms with Crippen LogP contribution in [0.2, 0.25) is 0 Å².